The molecule has 0 spiro atoms. The Bertz CT molecular complexity index is 950. The molecule has 4 aliphatic rings. The van der Waals surface area contributed by atoms with E-state index in [4.69, 9.17) is 15.1 Å². The molecule has 0 amide bonds. The van der Waals surface area contributed by atoms with Gasteiger partial charge in [0.15, 0.2) is 0 Å². The van der Waals surface area contributed by atoms with E-state index in [-0.39, 0.29) is 12.1 Å². The number of hydrogen-bond acceptors (Lipinski definition) is 6. The van der Waals surface area contributed by atoms with E-state index >= 15 is 0 Å². The number of ether oxygens (including phenoxy) is 1. The molecule has 1 aromatic rings. The van der Waals surface area contributed by atoms with Gasteiger partial charge in [0, 0.05) is 30.9 Å². The first-order valence-electron chi connectivity index (χ1n) is 12.9. The first-order valence-corrected chi connectivity index (χ1v) is 12.9. The number of anilines is 1. The Hall–Kier alpha value is -2.61. The average molecular weight is 466 g/mol. The maximum Gasteiger partial charge on any atom is 0.135 e. The van der Waals surface area contributed by atoms with Crippen LogP contribution in [0.25, 0.3) is 0 Å². The molecular formula is C26H39N7O. The van der Waals surface area contributed by atoms with E-state index in [1.807, 2.05) is 0 Å². The summed E-state index contributed by atoms with van der Waals surface area (Å²) in [5.41, 5.74) is 2.38. The highest BCUT2D eigenvalue weighted by molar-refractivity contribution is 6.06. The van der Waals surface area contributed by atoms with Crippen molar-refractivity contribution in [2.75, 3.05) is 51.3 Å². The molecule has 0 radical (unpaired) electrons. The lowest BCUT2D eigenvalue weighted by Crippen LogP contribution is -2.42. The zero-order valence-electron chi connectivity index (χ0n) is 20.8. The zero-order valence-corrected chi connectivity index (χ0v) is 20.8. The van der Waals surface area contributed by atoms with Crippen molar-refractivity contribution < 1.29 is 4.74 Å². The highest BCUT2D eigenvalue weighted by atomic mass is 16.5. The van der Waals surface area contributed by atoms with E-state index in [0.29, 0.717) is 12.6 Å². The molecular weight excluding hydrogens is 426 g/mol. The Kier molecular flexibility index (Phi) is 6.77. The van der Waals surface area contributed by atoms with Crippen molar-refractivity contribution in [3.8, 4) is 5.75 Å². The summed E-state index contributed by atoms with van der Waals surface area (Å²) in [7, 11) is 2.24. The number of hydrogen-bond donors (Lipinski definition) is 2. The van der Waals surface area contributed by atoms with Crippen molar-refractivity contribution in [1.29, 1.82) is 5.41 Å². The summed E-state index contributed by atoms with van der Waals surface area (Å²) < 4.78 is 6.14. The second-order valence-electron chi connectivity index (χ2n) is 10.4. The lowest BCUT2D eigenvalue weighted by atomic mass is 9.88. The monoisotopic (exact) mass is 465 g/mol. The van der Waals surface area contributed by atoms with Crippen LogP contribution >= 0.6 is 0 Å². The average Bonchev–Trinajstić information content (AvgIpc) is 3.44. The molecule has 2 fully saturated rings. The van der Waals surface area contributed by atoms with Crippen LogP contribution in [0.15, 0.2) is 28.2 Å². The fourth-order valence-electron chi connectivity index (χ4n) is 6.01. The van der Waals surface area contributed by atoms with Gasteiger partial charge in [-0.25, -0.2) is 4.99 Å². The molecule has 4 heterocycles. The summed E-state index contributed by atoms with van der Waals surface area (Å²) in [4.78, 5) is 16.8. The van der Waals surface area contributed by atoms with Crippen LogP contribution in [-0.2, 0) is 0 Å². The molecule has 0 bridgehead atoms. The predicted octanol–water partition coefficient (Wildman–Crippen LogP) is 2.82. The largest absolute Gasteiger partial charge is 0.491 e. The number of fused-ring (bicyclic) bond motifs is 3. The zero-order chi connectivity index (χ0) is 23.7. The minimum Gasteiger partial charge on any atom is -0.491 e. The standard InChI is InChI=1S/C26H39N7O/c1-18(2)29-25(28-17-27)22-16-32-13-14-34-24-7-6-20(15-21(24)26(32)30-22)33-10-4-5-23(33)19-8-11-31(3)12-9-19/h6-7,15,17-19,22-23H,4-5,8-14,16H2,1-3H3,(H2,27,28,29). The van der Waals surface area contributed by atoms with Crippen LogP contribution in [-0.4, -0.2) is 92.3 Å². The lowest BCUT2D eigenvalue weighted by molar-refractivity contribution is 0.199. The Balaban J connectivity index is 1.43. The Morgan fingerprint density at radius 1 is 1.21 bits per heavy atom. The number of rotatable bonds is 5. The molecule has 1 aromatic carbocycles. The fourth-order valence-corrected chi connectivity index (χ4v) is 6.01. The van der Waals surface area contributed by atoms with Crippen LogP contribution in [0.5, 0.6) is 5.75 Å². The van der Waals surface area contributed by atoms with Crippen molar-refractivity contribution >= 4 is 23.7 Å². The predicted molar refractivity (Wildman–Crippen MR) is 139 cm³/mol. The van der Waals surface area contributed by atoms with Crippen molar-refractivity contribution in [3.05, 3.63) is 23.8 Å². The van der Waals surface area contributed by atoms with E-state index in [0.717, 1.165) is 54.9 Å². The van der Waals surface area contributed by atoms with Crippen molar-refractivity contribution in [2.45, 2.75) is 57.7 Å². The first-order chi connectivity index (χ1) is 16.5. The quantitative estimate of drug-likeness (QED) is 0.516. The van der Waals surface area contributed by atoms with Crippen LogP contribution in [0.2, 0.25) is 0 Å². The molecule has 0 saturated carbocycles. The molecule has 0 aliphatic carbocycles. The van der Waals surface area contributed by atoms with Gasteiger partial charge in [0.05, 0.1) is 12.1 Å². The van der Waals surface area contributed by atoms with Gasteiger partial charge in [-0.2, -0.15) is 0 Å². The topological polar surface area (TPSA) is 79.6 Å². The number of nitrogens with zero attached hydrogens (tertiary/aromatic N) is 5. The lowest BCUT2D eigenvalue weighted by Gasteiger charge is -2.38. The van der Waals surface area contributed by atoms with Gasteiger partial charge in [0.25, 0.3) is 0 Å². The number of likely N-dealkylation sites (tertiary alicyclic amines) is 1. The molecule has 34 heavy (non-hydrogen) atoms. The summed E-state index contributed by atoms with van der Waals surface area (Å²) in [6.07, 6.45) is 6.27. The molecule has 5 rings (SSSR count). The fraction of sp³-hybridized carbons (Fsp3) is 0.654. The Morgan fingerprint density at radius 3 is 2.79 bits per heavy atom. The van der Waals surface area contributed by atoms with Crippen LogP contribution in [0.3, 0.4) is 0 Å². The number of nitrogens with one attached hydrogen (secondary N) is 2. The molecule has 2 unspecified atom stereocenters. The SMILES string of the molecule is CC(C)N/C(=N\C=N)C1CN2CCOc3ccc(N4CCCC4C4CCN(C)CC4)cc3C2=N1. The van der Waals surface area contributed by atoms with Gasteiger partial charge < -0.3 is 24.8 Å². The van der Waals surface area contributed by atoms with Gasteiger partial charge in [-0.1, -0.05) is 0 Å². The van der Waals surface area contributed by atoms with E-state index in [1.165, 1.54) is 44.5 Å². The van der Waals surface area contributed by atoms with Crippen LogP contribution < -0.4 is 15.0 Å². The molecule has 2 saturated heterocycles. The number of aliphatic imine (C=N–C) groups is 2. The van der Waals surface area contributed by atoms with Crippen LogP contribution in [0, 0.1) is 11.3 Å². The van der Waals surface area contributed by atoms with E-state index in [1.54, 1.807) is 0 Å². The van der Waals surface area contributed by atoms with Gasteiger partial charge in [-0.3, -0.25) is 10.4 Å². The third kappa shape index (κ3) is 4.65. The number of piperidine rings is 1. The minimum atomic E-state index is -0.0904. The van der Waals surface area contributed by atoms with E-state index in [9.17, 15) is 0 Å². The van der Waals surface area contributed by atoms with Crippen LogP contribution in [0.1, 0.15) is 45.1 Å². The maximum absolute atomic E-state index is 7.49. The smallest absolute Gasteiger partial charge is 0.135 e. The molecule has 2 N–H and O–H groups in total. The third-order valence-corrected chi connectivity index (χ3v) is 7.69. The molecule has 2 atom stereocenters. The minimum absolute atomic E-state index is 0.0904. The molecule has 184 valence electrons. The normalized spacial score (nSPS) is 26.1. The van der Waals surface area contributed by atoms with Crippen molar-refractivity contribution in [2.24, 2.45) is 15.9 Å². The van der Waals surface area contributed by atoms with E-state index < -0.39 is 0 Å². The Labute approximate surface area is 203 Å². The first kappa shape index (κ1) is 23.1. The van der Waals surface area contributed by atoms with Gasteiger partial charge in [-0.05, 0) is 83.8 Å². The third-order valence-electron chi connectivity index (χ3n) is 7.69. The maximum atomic E-state index is 7.49. The second-order valence-corrected chi connectivity index (χ2v) is 10.4. The van der Waals surface area contributed by atoms with Gasteiger partial charge in [0.1, 0.15) is 36.4 Å². The number of amidine groups is 2. The number of benzene rings is 1. The molecule has 0 aromatic heterocycles. The highest BCUT2D eigenvalue weighted by Gasteiger charge is 2.36. The summed E-state index contributed by atoms with van der Waals surface area (Å²) in [5.74, 6) is 3.47. The molecule has 8 nitrogen and oxygen atoms in total. The summed E-state index contributed by atoms with van der Waals surface area (Å²) >= 11 is 0. The van der Waals surface area contributed by atoms with E-state index in [2.05, 4.69) is 64.1 Å². The Morgan fingerprint density at radius 2 is 2.03 bits per heavy atom. The van der Waals surface area contributed by atoms with Crippen molar-refractivity contribution in [3.63, 3.8) is 0 Å². The molecule has 4 aliphatic heterocycles. The summed E-state index contributed by atoms with van der Waals surface area (Å²) in [5, 5.41) is 10.9. The van der Waals surface area contributed by atoms with Crippen molar-refractivity contribution in [1.82, 2.24) is 15.1 Å². The van der Waals surface area contributed by atoms with Gasteiger partial charge in [0.2, 0.25) is 0 Å². The van der Waals surface area contributed by atoms with Crippen LogP contribution in [0.4, 0.5) is 5.69 Å². The second kappa shape index (κ2) is 9.94. The molecule has 8 heteroatoms. The summed E-state index contributed by atoms with van der Waals surface area (Å²) in [6.45, 7) is 9.95. The van der Waals surface area contributed by atoms with Gasteiger partial charge >= 0.3 is 0 Å². The van der Waals surface area contributed by atoms with Gasteiger partial charge in [-0.15, -0.1) is 0 Å². The highest BCUT2D eigenvalue weighted by Crippen LogP contribution is 2.37. The summed E-state index contributed by atoms with van der Waals surface area (Å²) in [6, 6.07) is 7.49.